The van der Waals surface area contributed by atoms with Gasteiger partial charge in [-0.15, -0.1) is 0 Å². The van der Waals surface area contributed by atoms with E-state index in [1.807, 2.05) is 0 Å². The first-order chi connectivity index (χ1) is 7.06. The molecule has 0 saturated carbocycles. The van der Waals surface area contributed by atoms with Crippen LogP contribution in [-0.4, -0.2) is 10.2 Å². The standard InChI is InChI=1S/C12H23N3/c1-5-6-9(4)11-10(7-8(2)3)12(13)15-14-11/h8-9H,5-7H2,1-4H3,(H3,13,14,15). The summed E-state index contributed by atoms with van der Waals surface area (Å²) in [5.74, 6) is 1.84. The maximum absolute atomic E-state index is 5.88. The summed E-state index contributed by atoms with van der Waals surface area (Å²) in [7, 11) is 0. The van der Waals surface area contributed by atoms with Gasteiger partial charge in [0.25, 0.3) is 0 Å². The molecule has 15 heavy (non-hydrogen) atoms. The van der Waals surface area contributed by atoms with Gasteiger partial charge in [-0.2, -0.15) is 5.10 Å². The molecule has 0 aromatic carbocycles. The third-order valence-electron chi connectivity index (χ3n) is 2.76. The molecule has 1 unspecified atom stereocenters. The zero-order chi connectivity index (χ0) is 11.4. The number of aromatic nitrogens is 2. The molecule has 0 aliphatic carbocycles. The van der Waals surface area contributed by atoms with Crippen molar-refractivity contribution in [2.24, 2.45) is 5.92 Å². The molecule has 3 nitrogen and oxygen atoms in total. The zero-order valence-corrected chi connectivity index (χ0v) is 10.3. The van der Waals surface area contributed by atoms with Gasteiger partial charge < -0.3 is 5.73 Å². The number of anilines is 1. The summed E-state index contributed by atoms with van der Waals surface area (Å²) in [4.78, 5) is 0. The Morgan fingerprint density at radius 3 is 2.53 bits per heavy atom. The highest BCUT2D eigenvalue weighted by Crippen LogP contribution is 2.27. The summed E-state index contributed by atoms with van der Waals surface area (Å²) in [5, 5.41) is 7.21. The molecular formula is C12H23N3. The Labute approximate surface area is 92.5 Å². The third kappa shape index (κ3) is 2.98. The Hall–Kier alpha value is -0.990. The molecule has 0 aliphatic rings. The van der Waals surface area contributed by atoms with Crippen LogP contribution in [0.1, 0.15) is 57.7 Å². The van der Waals surface area contributed by atoms with Crippen molar-refractivity contribution in [1.82, 2.24) is 10.2 Å². The number of nitrogens with two attached hydrogens (primary N) is 1. The Kier molecular flexibility index (Phi) is 4.18. The fourth-order valence-electron chi connectivity index (χ4n) is 2.00. The molecule has 0 bridgehead atoms. The predicted octanol–water partition coefficient (Wildman–Crippen LogP) is 3.09. The quantitative estimate of drug-likeness (QED) is 0.783. The minimum atomic E-state index is 0.536. The number of nitrogens with one attached hydrogen (secondary N) is 1. The van der Waals surface area contributed by atoms with Crippen LogP contribution in [0.3, 0.4) is 0 Å². The molecule has 0 fully saturated rings. The number of H-pyrrole nitrogens is 1. The summed E-state index contributed by atoms with van der Waals surface area (Å²) in [5.41, 5.74) is 8.35. The molecule has 0 saturated heterocycles. The molecule has 1 heterocycles. The lowest BCUT2D eigenvalue weighted by atomic mass is 9.94. The van der Waals surface area contributed by atoms with E-state index < -0.39 is 0 Å². The van der Waals surface area contributed by atoms with Crippen LogP contribution >= 0.6 is 0 Å². The topological polar surface area (TPSA) is 54.7 Å². The highest BCUT2D eigenvalue weighted by molar-refractivity contribution is 5.43. The first kappa shape index (κ1) is 12.1. The van der Waals surface area contributed by atoms with E-state index in [-0.39, 0.29) is 0 Å². The highest BCUT2D eigenvalue weighted by atomic mass is 15.2. The maximum Gasteiger partial charge on any atom is 0.148 e. The molecule has 0 spiro atoms. The van der Waals surface area contributed by atoms with Crippen molar-refractivity contribution in [1.29, 1.82) is 0 Å². The van der Waals surface area contributed by atoms with Gasteiger partial charge in [0.1, 0.15) is 5.82 Å². The molecule has 86 valence electrons. The first-order valence-corrected chi connectivity index (χ1v) is 5.88. The summed E-state index contributed by atoms with van der Waals surface area (Å²) in [6.45, 7) is 8.86. The normalized spacial score (nSPS) is 13.4. The van der Waals surface area contributed by atoms with Crippen LogP contribution in [-0.2, 0) is 6.42 Å². The molecule has 1 aromatic rings. The van der Waals surface area contributed by atoms with E-state index in [9.17, 15) is 0 Å². The van der Waals surface area contributed by atoms with E-state index in [0.29, 0.717) is 17.7 Å². The lowest BCUT2D eigenvalue weighted by Crippen LogP contribution is -2.03. The monoisotopic (exact) mass is 209 g/mol. The minimum absolute atomic E-state index is 0.536. The smallest absolute Gasteiger partial charge is 0.148 e. The Morgan fingerprint density at radius 2 is 2.00 bits per heavy atom. The summed E-state index contributed by atoms with van der Waals surface area (Å²) in [6, 6.07) is 0. The number of nitrogen functional groups attached to an aromatic ring is 1. The van der Waals surface area contributed by atoms with E-state index in [1.54, 1.807) is 0 Å². The lowest BCUT2D eigenvalue weighted by Gasteiger charge is -2.12. The van der Waals surface area contributed by atoms with Crippen LogP contribution in [0.15, 0.2) is 0 Å². The van der Waals surface area contributed by atoms with Gasteiger partial charge in [0, 0.05) is 11.3 Å². The number of hydrogen-bond acceptors (Lipinski definition) is 2. The molecule has 0 radical (unpaired) electrons. The molecular weight excluding hydrogens is 186 g/mol. The van der Waals surface area contributed by atoms with Gasteiger partial charge in [0.15, 0.2) is 0 Å². The van der Waals surface area contributed by atoms with Gasteiger partial charge >= 0.3 is 0 Å². The van der Waals surface area contributed by atoms with Crippen LogP contribution in [0, 0.1) is 5.92 Å². The fourth-order valence-corrected chi connectivity index (χ4v) is 2.00. The summed E-state index contributed by atoms with van der Waals surface area (Å²) >= 11 is 0. The SMILES string of the molecule is CCCC(C)c1[nH]nc(N)c1CC(C)C. The Morgan fingerprint density at radius 1 is 1.33 bits per heavy atom. The molecule has 3 N–H and O–H groups in total. The second kappa shape index (κ2) is 5.19. The fraction of sp³-hybridized carbons (Fsp3) is 0.750. The highest BCUT2D eigenvalue weighted by Gasteiger charge is 2.16. The molecule has 0 amide bonds. The van der Waals surface area contributed by atoms with Gasteiger partial charge in [0.2, 0.25) is 0 Å². The maximum atomic E-state index is 5.88. The zero-order valence-electron chi connectivity index (χ0n) is 10.3. The van der Waals surface area contributed by atoms with Crippen molar-refractivity contribution in [3.63, 3.8) is 0 Å². The summed E-state index contributed by atoms with van der Waals surface area (Å²) in [6.07, 6.45) is 3.40. The lowest BCUT2D eigenvalue weighted by molar-refractivity contribution is 0.611. The van der Waals surface area contributed by atoms with E-state index in [4.69, 9.17) is 5.73 Å². The van der Waals surface area contributed by atoms with Crippen molar-refractivity contribution in [2.75, 3.05) is 5.73 Å². The van der Waals surface area contributed by atoms with E-state index in [2.05, 4.69) is 37.9 Å². The summed E-state index contributed by atoms with van der Waals surface area (Å²) < 4.78 is 0. The number of hydrogen-bond donors (Lipinski definition) is 2. The molecule has 1 rings (SSSR count). The Bertz CT molecular complexity index is 302. The largest absolute Gasteiger partial charge is 0.382 e. The van der Waals surface area contributed by atoms with Gasteiger partial charge in [-0.1, -0.05) is 34.1 Å². The number of aromatic amines is 1. The van der Waals surface area contributed by atoms with E-state index >= 15 is 0 Å². The van der Waals surface area contributed by atoms with Crippen LogP contribution in [0.2, 0.25) is 0 Å². The average Bonchev–Trinajstić information content (AvgIpc) is 2.48. The predicted molar refractivity (Wildman–Crippen MR) is 64.9 cm³/mol. The van der Waals surface area contributed by atoms with E-state index in [1.165, 1.54) is 24.1 Å². The van der Waals surface area contributed by atoms with Crippen LogP contribution < -0.4 is 5.73 Å². The van der Waals surface area contributed by atoms with Gasteiger partial charge in [0.05, 0.1) is 0 Å². The van der Waals surface area contributed by atoms with Crippen molar-refractivity contribution < 1.29 is 0 Å². The average molecular weight is 209 g/mol. The minimum Gasteiger partial charge on any atom is -0.382 e. The third-order valence-corrected chi connectivity index (χ3v) is 2.76. The second-order valence-electron chi connectivity index (χ2n) is 4.79. The van der Waals surface area contributed by atoms with Crippen LogP contribution in [0.4, 0.5) is 5.82 Å². The molecule has 1 aromatic heterocycles. The van der Waals surface area contributed by atoms with Gasteiger partial charge in [-0.25, -0.2) is 0 Å². The van der Waals surface area contributed by atoms with Crippen LogP contribution in [0.25, 0.3) is 0 Å². The molecule has 3 heteroatoms. The number of rotatable bonds is 5. The van der Waals surface area contributed by atoms with Crippen LogP contribution in [0.5, 0.6) is 0 Å². The second-order valence-corrected chi connectivity index (χ2v) is 4.79. The van der Waals surface area contributed by atoms with Gasteiger partial charge in [-0.3, -0.25) is 5.10 Å². The van der Waals surface area contributed by atoms with Crippen molar-refractivity contribution >= 4 is 5.82 Å². The Balaban J connectivity index is 2.87. The van der Waals surface area contributed by atoms with Crippen molar-refractivity contribution in [2.45, 2.75) is 52.9 Å². The van der Waals surface area contributed by atoms with Gasteiger partial charge in [-0.05, 0) is 24.7 Å². The number of nitrogens with zero attached hydrogens (tertiary/aromatic N) is 1. The van der Waals surface area contributed by atoms with Crippen molar-refractivity contribution in [3.8, 4) is 0 Å². The van der Waals surface area contributed by atoms with Crippen molar-refractivity contribution in [3.05, 3.63) is 11.3 Å². The first-order valence-electron chi connectivity index (χ1n) is 5.88. The molecule has 1 atom stereocenters. The van der Waals surface area contributed by atoms with E-state index in [0.717, 1.165) is 6.42 Å². The molecule has 0 aliphatic heterocycles.